The molecule has 0 aliphatic carbocycles. The summed E-state index contributed by atoms with van der Waals surface area (Å²) in [5.74, 6) is -0.804. The van der Waals surface area contributed by atoms with Gasteiger partial charge in [-0.15, -0.1) is 0 Å². The van der Waals surface area contributed by atoms with E-state index in [9.17, 15) is 18.5 Å². The molecule has 0 aliphatic rings. The second kappa shape index (κ2) is 7.42. The molecule has 0 unspecified atom stereocenters. The Morgan fingerprint density at radius 2 is 1.93 bits per heavy atom. The second-order valence-electron chi connectivity index (χ2n) is 6.57. The number of carbonyl (C=O) groups excluding carboxylic acids is 1. The number of benzene rings is 2. The van der Waals surface area contributed by atoms with Crippen molar-refractivity contribution >= 4 is 26.8 Å². The summed E-state index contributed by atoms with van der Waals surface area (Å²) in [5.41, 5.74) is 3.03. The Balaban J connectivity index is 1.87. The number of para-hydroxylation sites is 1. The van der Waals surface area contributed by atoms with Crippen molar-refractivity contribution in [1.29, 1.82) is 5.26 Å². The van der Waals surface area contributed by atoms with Crippen molar-refractivity contribution in [1.82, 2.24) is 19.5 Å². The maximum Gasteiger partial charge on any atom is 0.264 e. The molecule has 0 saturated carbocycles. The van der Waals surface area contributed by atoms with E-state index in [1.807, 2.05) is 41.1 Å². The van der Waals surface area contributed by atoms with Crippen molar-refractivity contribution < 1.29 is 13.2 Å². The van der Waals surface area contributed by atoms with Gasteiger partial charge in [0.15, 0.2) is 0 Å². The van der Waals surface area contributed by atoms with Gasteiger partial charge < -0.3 is 0 Å². The van der Waals surface area contributed by atoms with Crippen LogP contribution in [-0.4, -0.2) is 35.3 Å². The van der Waals surface area contributed by atoms with Crippen LogP contribution in [0.25, 0.3) is 27.8 Å². The molecule has 0 saturated heterocycles. The van der Waals surface area contributed by atoms with Crippen LogP contribution in [0.4, 0.5) is 0 Å². The van der Waals surface area contributed by atoms with Gasteiger partial charge in [0.1, 0.15) is 11.8 Å². The lowest BCUT2D eigenvalue weighted by Gasteiger charge is -2.08. The van der Waals surface area contributed by atoms with Crippen LogP contribution in [0.1, 0.15) is 15.9 Å². The van der Waals surface area contributed by atoms with E-state index >= 15 is 0 Å². The summed E-state index contributed by atoms with van der Waals surface area (Å²) in [6.45, 7) is 0. The first-order valence-electron chi connectivity index (χ1n) is 8.82. The molecule has 0 spiro atoms. The zero-order chi connectivity index (χ0) is 21.3. The van der Waals surface area contributed by atoms with Gasteiger partial charge in [0.25, 0.3) is 5.91 Å². The quantitative estimate of drug-likeness (QED) is 0.545. The topological polar surface area (TPSA) is 118 Å². The summed E-state index contributed by atoms with van der Waals surface area (Å²) in [4.78, 5) is 16.3. The second-order valence-corrected chi connectivity index (χ2v) is 8.31. The monoisotopic (exact) mass is 417 g/mol. The van der Waals surface area contributed by atoms with Crippen LogP contribution in [0, 0.1) is 11.3 Å². The maximum atomic E-state index is 12.1. The maximum absolute atomic E-state index is 12.1. The standard InChI is InChI=1S/C21H15N5O3S/c1-30(28,29)25-21(27)14-8-9-18(16(11-14)12-22)26-19-7-3-2-6-17(19)20(24-26)15-5-4-10-23-13-15/h2-11,13H,1H3,(H,25,27). The number of nitriles is 1. The first kappa shape index (κ1) is 19.3. The van der Waals surface area contributed by atoms with Crippen molar-refractivity contribution in [3.8, 4) is 23.0 Å². The van der Waals surface area contributed by atoms with Crippen LogP contribution < -0.4 is 4.72 Å². The van der Waals surface area contributed by atoms with Gasteiger partial charge in [0.05, 0.1) is 23.0 Å². The summed E-state index contributed by atoms with van der Waals surface area (Å²) >= 11 is 0. The molecule has 0 aliphatic heterocycles. The molecule has 2 aromatic carbocycles. The summed E-state index contributed by atoms with van der Waals surface area (Å²) in [6.07, 6.45) is 4.28. The fraction of sp³-hybridized carbons (Fsp3) is 0.0476. The van der Waals surface area contributed by atoms with E-state index in [2.05, 4.69) is 11.1 Å². The van der Waals surface area contributed by atoms with Gasteiger partial charge in [-0.3, -0.25) is 9.78 Å². The van der Waals surface area contributed by atoms with E-state index in [0.29, 0.717) is 11.4 Å². The van der Waals surface area contributed by atoms with Gasteiger partial charge >= 0.3 is 0 Å². The number of nitrogens with one attached hydrogen (secondary N) is 1. The number of hydrogen-bond acceptors (Lipinski definition) is 6. The molecule has 30 heavy (non-hydrogen) atoms. The third kappa shape index (κ3) is 3.64. The molecule has 1 N–H and O–H groups in total. The predicted molar refractivity (Wildman–Crippen MR) is 111 cm³/mol. The minimum Gasteiger partial charge on any atom is -0.268 e. The fourth-order valence-corrected chi connectivity index (χ4v) is 3.60. The van der Waals surface area contributed by atoms with Crippen LogP contribution >= 0.6 is 0 Å². The minimum atomic E-state index is -3.72. The molecule has 0 radical (unpaired) electrons. The Morgan fingerprint density at radius 1 is 1.13 bits per heavy atom. The minimum absolute atomic E-state index is 0.0599. The van der Waals surface area contributed by atoms with Gasteiger partial charge in [0.2, 0.25) is 10.0 Å². The lowest BCUT2D eigenvalue weighted by atomic mass is 10.1. The Labute approximate surface area is 172 Å². The Hall–Kier alpha value is -4.03. The number of hydrogen-bond donors (Lipinski definition) is 1. The average Bonchev–Trinajstić information content (AvgIpc) is 3.12. The van der Waals surface area contributed by atoms with Gasteiger partial charge in [-0.2, -0.15) is 10.4 Å². The highest BCUT2D eigenvalue weighted by molar-refractivity contribution is 7.89. The van der Waals surface area contributed by atoms with E-state index in [1.165, 1.54) is 12.1 Å². The number of amides is 1. The molecule has 0 bridgehead atoms. The smallest absolute Gasteiger partial charge is 0.264 e. The summed E-state index contributed by atoms with van der Waals surface area (Å²) in [6, 6.07) is 17.7. The summed E-state index contributed by atoms with van der Waals surface area (Å²) in [5, 5.41) is 15.2. The Kier molecular flexibility index (Phi) is 4.77. The molecule has 2 heterocycles. The zero-order valence-corrected chi connectivity index (χ0v) is 16.6. The number of carbonyl (C=O) groups is 1. The van der Waals surface area contributed by atoms with E-state index in [4.69, 9.17) is 5.10 Å². The SMILES string of the molecule is CS(=O)(=O)NC(=O)c1ccc(-n2nc(-c3cccnc3)c3ccccc32)c(C#N)c1. The summed E-state index contributed by atoms with van der Waals surface area (Å²) in [7, 11) is -3.72. The predicted octanol–water partition coefficient (Wildman–Crippen LogP) is 2.65. The van der Waals surface area contributed by atoms with Crippen molar-refractivity contribution in [2.45, 2.75) is 0 Å². The molecule has 0 fully saturated rings. The molecular weight excluding hydrogens is 402 g/mol. The number of nitrogens with zero attached hydrogens (tertiary/aromatic N) is 4. The van der Waals surface area contributed by atoms with E-state index < -0.39 is 15.9 Å². The first-order valence-corrected chi connectivity index (χ1v) is 10.7. The highest BCUT2D eigenvalue weighted by Crippen LogP contribution is 2.30. The number of pyridine rings is 1. The average molecular weight is 417 g/mol. The largest absolute Gasteiger partial charge is 0.268 e. The Morgan fingerprint density at radius 3 is 2.63 bits per heavy atom. The molecular formula is C21H15N5O3S. The van der Waals surface area contributed by atoms with Crippen molar-refractivity contribution in [3.05, 3.63) is 78.1 Å². The Bertz CT molecular complexity index is 1420. The van der Waals surface area contributed by atoms with E-state index in [-0.39, 0.29) is 11.1 Å². The molecule has 148 valence electrons. The highest BCUT2D eigenvalue weighted by Gasteiger charge is 2.18. The van der Waals surface area contributed by atoms with Gasteiger partial charge in [-0.05, 0) is 36.4 Å². The van der Waals surface area contributed by atoms with E-state index in [0.717, 1.165) is 22.7 Å². The highest BCUT2D eigenvalue weighted by atomic mass is 32.2. The van der Waals surface area contributed by atoms with Crippen molar-refractivity contribution in [3.63, 3.8) is 0 Å². The molecule has 4 rings (SSSR count). The normalized spacial score (nSPS) is 11.2. The first-order chi connectivity index (χ1) is 14.4. The van der Waals surface area contributed by atoms with Crippen molar-refractivity contribution in [2.24, 2.45) is 0 Å². The molecule has 9 heteroatoms. The van der Waals surface area contributed by atoms with Crippen molar-refractivity contribution in [2.75, 3.05) is 6.26 Å². The third-order valence-electron chi connectivity index (χ3n) is 4.41. The fourth-order valence-electron chi connectivity index (χ4n) is 3.14. The van der Waals surface area contributed by atoms with Gasteiger partial charge in [0, 0.05) is 28.9 Å². The molecule has 4 aromatic rings. The van der Waals surface area contributed by atoms with Gasteiger partial charge in [-0.1, -0.05) is 18.2 Å². The molecule has 2 aromatic heterocycles. The summed E-state index contributed by atoms with van der Waals surface area (Å²) < 4.78 is 26.2. The van der Waals surface area contributed by atoms with Gasteiger partial charge in [-0.25, -0.2) is 17.8 Å². The molecule has 8 nitrogen and oxygen atoms in total. The van der Waals surface area contributed by atoms with E-state index in [1.54, 1.807) is 23.1 Å². The van der Waals surface area contributed by atoms with Crippen LogP contribution in [0.15, 0.2) is 67.0 Å². The lowest BCUT2D eigenvalue weighted by molar-refractivity contribution is 0.0981. The number of sulfonamides is 1. The number of fused-ring (bicyclic) bond motifs is 1. The van der Waals surface area contributed by atoms with Crippen LogP contribution in [0.2, 0.25) is 0 Å². The molecule has 1 amide bonds. The van der Waals surface area contributed by atoms with Crippen LogP contribution in [0.3, 0.4) is 0 Å². The molecule has 0 atom stereocenters. The van der Waals surface area contributed by atoms with Crippen LogP contribution in [0.5, 0.6) is 0 Å². The lowest BCUT2D eigenvalue weighted by Crippen LogP contribution is -2.29. The zero-order valence-electron chi connectivity index (χ0n) is 15.8. The number of aromatic nitrogens is 3. The number of rotatable bonds is 4. The van der Waals surface area contributed by atoms with Crippen LogP contribution in [-0.2, 0) is 10.0 Å². The third-order valence-corrected chi connectivity index (χ3v) is 4.96.